The normalized spacial score (nSPS) is 10.9. The van der Waals surface area contributed by atoms with Gasteiger partial charge in [-0.1, -0.05) is 0 Å². The van der Waals surface area contributed by atoms with Crippen molar-refractivity contribution in [1.29, 1.82) is 0 Å². The molecule has 0 spiro atoms. The molecule has 1 heterocycles. The number of hydrogen-bond donors (Lipinski definition) is 2. The van der Waals surface area contributed by atoms with Gasteiger partial charge in [-0.05, 0) is 75.4 Å². The Morgan fingerprint density at radius 3 is 2.48 bits per heavy atom. The molecule has 0 radical (unpaired) electrons. The largest absolute Gasteiger partial charge is 0.494 e. The Bertz CT molecular complexity index is 1010. The van der Waals surface area contributed by atoms with Crippen molar-refractivity contribution in [3.05, 3.63) is 77.4 Å². The number of anilines is 1. The van der Waals surface area contributed by atoms with E-state index >= 15 is 0 Å². The van der Waals surface area contributed by atoms with Crippen molar-refractivity contribution in [2.24, 2.45) is 5.10 Å². The highest BCUT2D eigenvalue weighted by Gasteiger charge is 2.10. The number of nitrogens with one attached hydrogen (secondary N) is 2. The number of aryl methyl sites for hydroxylation is 1. The van der Waals surface area contributed by atoms with E-state index < -0.39 is 6.03 Å². The van der Waals surface area contributed by atoms with Crippen LogP contribution >= 0.6 is 0 Å². The molecule has 0 unspecified atom stereocenters. The van der Waals surface area contributed by atoms with E-state index in [4.69, 9.17) is 4.74 Å². The first kappa shape index (κ1) is 20.1. The summed E-state index contributed by atoms with van der Waals surface area (Å²) < 4.78 is 20.5. The molecule has 3 aromatic rings. The number of amides is 2. The van der Waals surface area contributed by atoms with Gasteiger partial charge in [0.25, 0.3) is 0 Å². The van der Waals surface area contributed by atoms with E-state index in [9.17, 15) is 9.18 Å². The van der Waals surface area contributed by atoms with Crippen LogP contribution in [-0.2, 0) is 0 Å². The van der Waals surface area contributed by atoms with Crippen molar-refractivity contribution in [1.82, 2.24) is 9.99 Å². The second-order valence-electron chi connectivity index (χ2n) is 6.42. The monoisotopic (exact) mass is 394 g/mol. The van der Waals surface area contributed by atoms with Crippen LogP contribution in [0.2, 0.25) is 0 Å². The number of hydrazone groups is 1. The van der Waals surface area contributed by atoms with Crippen LogP contribution in [0.1, 0.15) is 23.9 Å². The Morgan fingerprint density at radius 2 is 1.83 bits per heavy atom. The summed E-state index contributed by atoms with van der Waals surface area (Å²) in [5, 5.41) is 6.59. The summed E-state index contributed by atoms with van der Waals surface area (Å²) in [6, 6.07) is 14.9. The quantitative estimate of drug-likeness (QED) is 0.466. The smallest absolute Gasteiger partial charge is 0.339 e. The van der Waals surface area contributed by atoms with Crippen LogP contribution in [-0.4, -0.2) is 23.4 Å². The van der Waals surface area contributed by atoms with Gasteiger partial charge in [-0.2, -0.15) is 5.10 Å². The Labute approximate surface area is 169 Å². The zero-order valence-electron chi connectivity index (χ0n) is 16.6. The van der Waals surface area contributed by atoms with Crippen LogP contribution in [0.25, 0.3) is 5.69 Å². The summed E-state index contributed by atoms with van der Waals surface area (Å²) in [6.45, 7) is 6.58. The fourth-order valence-electron chi connectivity index (χ4n) is 3.03. The summed E-state index contributed by atoms with van der Waals surface area (Å²) >= 11 is 0. The number of urea groups is 1. The van der Waals surface area contributed by atoms with Gasteiger partial charge in [0.2, 0.25) is 0 Å². The van der Waals surface area contributed by atoms with E-state index in [-0.39, 0.29) is 5.82 Å². The molecular weight excluding hydrogens is 371 g/mol. The number of ether oxygens (including phenoxy) is 1. The number of carbonyl (C=O) groups is 1. The third-order valence-corrected chi connectivity index (χ3v) is 4.35. The average molecular weight is 394 g/mol. The SMILES string of the molecule is CCOc1ccc(-n2c(C)cc(/C=N/NC(=O)Nc3ccc(F)cc3)c2C)cc1. The standard InChI is InChI=1S/C22H23FN4O2/c1-4-29-21-11-9-20(10-12-21)27-15(2)13-17(16(27)3)14-24-26-22(28)25-19-7-5-18(23)6-8-19/h5-14H,4H2,1-3H3,(H2,25,26,28)/b24-14+. The molecule has 1 aromatic heterocycles. The van der Waals surface area contributed by atoms with Crippen molar-refractivity contribution >= 4 is 17.9 Å². The minimum absolute atomic E-state index is 0.364. The fourth-order valence-corrected chi connectivity index (χ4v) is 3.03. The van der Waals surface area contributed by atoms with Gasteiger partial charge in [-0.3, -0.25) is 0 Å². The molecule has 0 saturated carbocycles. The highest BCUT2D eigenvalue weighted by molar-refractivity contribution is 5.90. The topological polar surface area (TPSA) is 67.6 Å². The molecule has 0 bridgehead atoms. The minimum atomic E-state index is -0.506. The molecule has 2 aromatic carbocycles. The molecule has 0 aliphatic rings. The number of nitrogens with zero attached hydrogens (tertiary/aromatic N) is 2. The molecule has 7 heteroatoms. The second kappa shape index (κ2) is 9.05. The molecule has 150 valence electrons. The zero-order valence-corrected chi connectivity index (χ0v) is 16.6. The fraction of sp³-hybridized carbons (Fsp3) is 0.182. The van der Waals surface area contributed by atoms with Gasteiger partial charge in [0.1, 0.15) is 11.6 Å². The second-order valence-corrected chi connectivity index (χ2v) is 6.42. The van der Waals surface area contributed by atoms with E-state index in [1.807, 2.05) is 51.1 Å². The van der Waals surface area contributed by atoms with Crippen molar-refractivity contribution in [3.63, 3.8) is 0 Å². The lowest BCUT2D eigenvalue weighted by atomic mass is 10.2. The molecule has 2 N–H and O–H groups in total. The van der Waals surface area contributed by atoms with E-state index in [0.717, 1.165) is 28.4 Å². The number of rotatable bonds is 6. The Hall–Kier alpha value is -3.61. The van der Waals surface area contributed by atoms with E-state index in [0.29, 0.717) is 12.3 Å². The number of carbonyl (C=O) groups excluding carboxylic acids is 1. The summed E-state index contributed by atoms with van der Waals surface area (Å²) in [5.74, 6) is 0.466. The lowest BCUT2D eigenvalue weighted by molar-refractivity contribution is 0.252. The number of benzene rings is 2. The average Bonchev–Trinajstić information content (AvgIpc) is 2.98. The minimum Gasteiger partial charge on any atom is -0.494 e. The third-order valence-electron chi connectivity index (χ3n) is 4.35. The lowest BCUT2D eigenvalue weighted by Crippen LogP contribution is -2.24. The zero-order chi connectivity index (χ0) is 20.8. The third kappa shape index (κ3) is 5.01. The lowest BCUT2D eigenvalue weighted by Gasteiger charge is -2.11. The summed E-state index contributed by atoms with van der Waals surface area (Å²) in [4.78, 5) is 11.9. The first-order valence-electron chi connectivity index (χ1n) is 9.25. The summed E-state index contributed by atoms with van der Waals surface area (Å²) in [6.07, 6.45) is 1.59. The molecule has 0 fully saturated rings. The van der Waals surface area contributed by atoms with Crippen LogP contribution in [0.4, 0.5) is 14.9 Å². The first-order chi connectivity index (χ1) is 14.0. The molecule has 2 amide bonds. The van der Waals surface area contributed by atoms with Crippen LogP contribution in [0.3, 0.4) is 0 Å². The van der Waals surface area contributed by atoms with Crippen molar-refractivity contribution < 1.29 is 13.9 Å². The Kier molecular flexibility index (Phi) is 6.29. The Morgan fingerprint density at radius 1 is 1.14 bits per heavy atom. The molecular formula is C22H23FN4O2. The Balaban J connectivity index is 1.67. The van der Waals surface area contributed by atoms with Gasteiger partial charge in [-0.25, -0.2) is 14.6 Å². The predicted octanol–water partition coefficient (Wildman–Crippen LogP) is 4.79. The number of halogens is 1. The van der Waals surface area contributed by atoms with Crippen molar-refractivity contribution in [2.45, 2.75) is 20.8 Å². The predicted molar refractivity (Wildman–Crippen MR) is 113 cm³/mol. The van der Waals surface area contributed by atoms with E-state index in [2.05, 4.69) is 20.4 Å². The van der Waals surface area contributed by atoms with Crippen molar-refractivity contribution in [2.75, 3.05) is 11.9 Å². The molecule has 6 nitrogen and oxygen atoms in total. The van der Waals surface area contributed by atoms with Crippen LogP contribution in [0.15, 0.2) is 59.7 Å². The van der Waals surface area contributed by atoms with Gasteiger partial charge >= 0.3 is 6.03 Å². The highest BCUT2D eigenvalue weighted by atomic mass is 19.1. The maximum Gasteiger partial charge on any atom is 0.339 e. The summed E-state index contributed by atoms with van der Waals surface area (Å²) in [5.41, 5.74) is 6.84. The first-order valence-corrected chi connectivity index (χ1v) is 9.25. The highest BCUT2D eigenvalue weighted by Crippen LogP contribution is 2.22. The van der Waals surface area contributed by atoms with Crippen LogP contribution in [0.5, 0.6) is 5.75 Å². The maximum absolute atomic E-state index is 12.9. The molecule has 0 aliphatic carbocycles. The summed E-state index contributed by atoms with van der Waals surface area (Å²) in [7, 11) is 0. The van der Waals surface area contributed by atoms with Gasteiger partial charge in [0.15, 0.2) is 0 Å². The molecule has 3 rings (SSSR count). The molecule has 29 heavy (non-hydrogen) atoms. The van der Waals surface area contributed by atoms with Crippen LogP contribution in [0, 0.1) is 19.7 Å². The van der Waals surface area contributed by atoms with Gasteiger partial charge in [-0.15, -0.1) is 0 Å². The number of hydrogen-bond acceptors (Lipinski definition) is 3. The van der Waals surface area contributed by atoms with Gasteiger partial charge < -0.3 is 14.6 Å². The molecule has 0 saturated heterocycles. The maximum atomic E-state index is 12.9. The van der Waals surface area contributed by atoms with E-state index in [1.54, 1.807) is 6.21 Å². The van der Waals surface area contributed by atoms with Crippen molar-refractivity contribution in [3.8, 4) is 11.4 Å². The van der Waals surface area contributed by atoms with Gasteiger partial charge in [0.05, 0.1) is 12.8 Å². The van der Waals surface area contributed by atoms with E-state index in [1.165, 1.54) is 24.3 Å². The molecule has 0 atom stereocenters. The molecule has 0 aliphatic heterocycles. The number of aromatic nitrogens is 1. The van der Waals surface area contributed by atoms with Crippen LogP contribution < -0.4 is 15.5 Å². The van der Waals surface area contributed by atoms with Gasteiger partial charge in [0, 0.05) is 28.3 Å².